The van der Waals surface area contributed by atoms with Crippen molar-refractivity contribution in [2.24, 2.45) is 10.7 Å². The van der Waals surface area contributed by atoms with Gasteiger partial charge < -0.3 is 24.9 Å². The Morgan fingerprint density at radius 2 is 2.06 bits per heavy atom. The summed E-state index contributed by atoms with van der Waals surface area (Å²) >= 11 is 1.53. The number of thioether (sulfide) groups is 1. The number of aliphatic imine (C=N–C) groups is 1. The molecule has 190 valence electrons. The maximum absolute atomic E-state index is 11.7. The predicted octanol–water partition coefficient (Wildman–Crippen LogP) is 3.05. The van der Waals surface area contributed by atoms with Gasteiger partial charge in [-0.1, -0.05) is 11.8 Å². The number of hydrogen-bond acceptors (Lipinski definition) is 9. The number of nitrogens with one attached hydrogen (secondary N) is 1. The molecule has 1 unspecified atom stereocenters. The van der Waals surface area contributed by atoms with Gasteiger partial charge in [0.1, 0.15) is 22.6 Å². The predicted molar refractivity (Wildman–Crippen MR) is 137 cm³/mol. The van der Waals surface area contributed by atoms with E-state index in [1.165, 1.54) is 30.1 Å². The van der Waals surface area contributed by atoms with Crippen LogP contribution < -0.4 is 15.2 Å². The molecule has 2 aliphatic heterocycles. The Bertz CT molecular complexity index is 1410. The summed E-state index contributed by atoms with van der Waals surface area (Å²) in [6.45, 7) is 1.82. The van der Waals surface area contributed by atoms with Crippen molar-refractivity contribution in [2.45, 2.75) is 35.5 Å². The molecule has 0 aliphatic carbocycles. The van der Waals surface area contributed by atoms with Crippen molar-refractivity contribution in [1.29, 1.82) is 0 Å². The third-order valence-electron chi connectivity index (χ3n) is 5.86. The zero-order valence-corrected chi connectivity index (χ0v) is 21.2. The van der Waals surface area contributed by atoms with E-state index in [9.17, 15) is 13.2 Å². The third kappa shape index (κ3) is 5.66. The molecule has 1 amide bonds. The number of nitrogens with zero attached hydrogens (tertiary/aromatic N) is 2. The number of fused-ring (bicyclic) bond motifs is 1. The van der Waals surface area contributed by atoms with Crippen molar-refractivity contribution in [3.8, 4) is 17.4 Å². The van der Waals surface area contributed by atoms with Gasteiger partial charge in [0.05, 0.1) is 35.9 Å². The van der Waals surface area contributed by atoms with Gasteiger partial charge in [0, 0.05) is 54.5 Å². The molecule has 5 rings (SSSR count). The highest BCUT2D eigenvalue weighted by Crippen LogP contribution is 2.37. The first-order valence-corrected chi connectivity index (χ1v) is 14.3. The van der Waals surface area contributed by atoms with E-state index in [0.717, 1.165) is 40.7 Å². The molecule has 1 atom stereocenters. The Morgan fingerprint density at radius 3 is 2.75 bits per heavy atom. The highest BCUT2D eigenvalue weighted by molar-refractivity contribution is 8.15. The van der Waals surface area contributed by atoms with Gasteiger partial charge in [0.2, 0.25) is 11.8 Å². The number of H-pyrrole nitrogens is 1. The van der Waals surface area contributed by atoms with Gasteiger partial charge in [0.25, 0.3) is 0 Å². The van der Waals surface area contributed by atoms with E-state index in [-0.39, 0.29) is 34.5 Å². The summed E-state index contributed by atoms with van der Waals surface area (Å²) < 4.78 is 41.2. The Morgan fingerprint density at radius 1 is 1.25 bits per heavy atom. The molecule has 3 aromatic rings. The number of pyridine rings is 1. The fourth-order valence-electron chi connectivity index (χ4n) is 4.09. The molecule has 1 saturated heterocycles. The van der Waals surface area contributed by atoms with Crippen molar-refractivity contribution in [1.82, 2.24) is 9.97 Å². The number of carbonyl (C=O) groups is 1. The van der Waals surface area contributed by atoms with Gasteiger partial charge >= 0.3 is 0 Å². The third-order valence-corrected chi connectivity index (χ3v) is 8.18. The normalized spacial score (nSPS) is 18.8. The summed E-state index contributed by atoms with van der Waals surface area (Å²) in [6.07, 6.45) is 4.26. The van der Waals surface area contributed by atoms with Gasteiger partial charge in [-0.2, -0.15) is 0 Å². The molecule has 1 fully saturated rings. The molecule has 0 bridgehead atoms. The average molecular weight is 531 g/mol. The van der Waals surface area contributed by atoms with Crippen molar-refractivity contribution in [3.63, 3.8) is 0 Å². The fourth-order valence-corrected chi connectivity index (χ4v) is 5.75. The lowest BCUT2D eigenvalue weighted by atomic mass is 10.1. The summed E-state index contributed by atoms with van der Waals surface area (Å²) in [5.74, 6) is 1.06. The van der Waals surface area contributed by atoms with E-state index < -0.39 is 9.84 Å². The van der Waals surface area contributed by atoms with Crippen LogP contribution in [0.3, 0.4) is 0 Å². The van der Waals surface area contributed by atoms with E-state index in [4.69, 9.17) is 19.9 Å². The lowest BCUT2D eigenvalue weighted by Gasteiger charge is -2.23. The molecular weight excluding hydrogens is 504 g/mol. The second-order valence-corrected chi connectivity index (χ2v) is 12.1. The standard InChI is InChI=1S/C24H26N4O6S2/c1-36(30,31)18-2-3-22(26-13-18)34-16-8-14-9-19(24-27-12-17(35-24)11-21(25)29)28-23(14)20(10-16)33-15-4-6-32-7-5-15/h2-3,8-10,13,15,17,28H,4-7,11-12H2,1H3,(H2,25,29). The van der Waals surface area contributed by atoms with Crippen LogP contribution in [0.15, 0.2) is 46.4 Å². The summed E-state index contributed by atoms with van der Waals surface area (Å²) in [4.78, 5) is 23.6. The molecule has 2 aliphatic rings. The van der Waals surface area contributed by atoms with Crippen molar-refractivity contribution in [2.75, 3.05) is 26.0 Å². The first-order valence-electron chi connectivity index (χ1n) is 11.5. The minimum Gasteiger partial charge on any atom is -0.488 e. The monoisotopic (exact) mass is 530 g/mol. The number of amides is 1. The molecule has 0 radical (unpaired) electrons. The van der Waals surface area contributed by atoms with Gasteiger partial charge in [-0.25, -0.2) is 13.4 Å². The molecule has 2 aromatic heterocycles. The second-order valence-electron chi connectivity index (χ2n) is 8.76. The maximum atomic E-state index is 11.7. The summed E-state index contributed by atoms with van der Waals surface area (Å²) in [7, 11) is -3.35. The summed E-state index contributed by atoms with van der Waals surface area (Å²) in [6, 6.07) is 8.60. The van der Waals surface area contributed by atoms with Crippen LogP contribution in [-0.4, -0.2) is 66.7 Å². The van der Waals surface area contributed by atoms with Gasteiger partial charge in [-0.3, -0.25) is 9.79 Å². The smallest absolute Gasteiger partial charge is 0.219 e. The van der Waals surface area contributed by atoms with E-state index in [1.807, 2.05) is 12.1 Å². The van der Waals surface area contributed by atoms with Crippen LogP contribution in [0.2, 0.25) is 0 Å². The fraction of sp³-hybridized carbons (Fsp3) is 0.375. The summed E-state index contributed by atoms with van der Waals surface area (Å²) in [5, 5.41) is 1.70. The number of carbonyl (C=O) groups excluding carboxylic acids is 1. The van der Waals surface area contributed by atoms with Crippen LogP contribution in [0.4, 0.5) is 0 Å². The molecule has 0 saturated carbocycles. The Labute approximate surface area is 212 Å². The maximum Gasteiger partial charge on any atom is 0.219 e. The number of ether oxygens (including phenoxy) is 3. The van der Waals surface area contributed by atoms with E-state index >= 15 is 0 Å². The quantitative estimate of drug-likeness (QED) is 0.452. The molecule has 0 spiro atoms. The number of aromatic nitrogens is 2. The van der Waals surface area contributed by atoms with Crippen molar-refractivity contribution >= 4 is 43.5 Å². The zero-order valence-electron chi connectivity index (χ0n) is 19.6. The molecule has 10 nitrogen and oxygen atoms in total. The lowest BCUT2D eigenvalue weighted by Crippen LogP contribution is -2.25. The van der Waals surface area contributed by atoms with Gasteiger partial charge in [0.15, 0.2) is 9.84 Å². The highest BCUT2D eigenvalue weighted by atomic mass is 32.2. The number of sulfone groups is 1. The molecule has 36 heavy (non-hydrogen) atoms. The molecule has 3 N–H and O–H groups in total. The number of nitrogens with two attached hydrogens (primary N) is 1. The van der Waals surface area contributed by atoms with Crippen molar-refractivity contribution in [3.05, 3.63) is 42.2 Å². The Hall–Kier alpha value is -3.09. The minimum absolute atomic E-state index is 0.00858. The van der Waals surface area contributed by atoms with Crippen molar-refractivity contribution < 1.29 is 27.4 Å². The second kappa shape index (κ2) is 10.1. The van der Waals surface area contributed by atoms with Gasteiger partial charge in [-0.05, 0) is 18.2 Å². The van der Waals surface area contributed by atoms with E-state index in [2.05, 4.69) is 15.0 Å². The average Bonchev–Trinajstić information content (AvgIpc) is 3.46. The highest BCUT2D eigenvalue weighted by Gasteiger charge is 2.25. The zero-order chi connectivity index (χ0) is 25.3. The first-order chi connectivity index (χ1) is 17.2. The van der Waals surface area contributed by atoms with Crippen LogP contribution in [0, 0.1) is 0 Å². The van der Waals surface area contributed by atoms with Crippen LogP contribution in [0.25, 0.3) is 10.9 Å². The van der Waals surface area contributed by atoms with Crippen LogP contribution in [0.1, 0.15) is 25.0 Å². The Kier molecular flexibility index (Phi) is 6.91. The number of rotatable bonds is 8. The summed E-state index contributed by atoms with van der Waals surface area (Å²) in [5.41, 5.74) is 6.99. The first kappa shape index (κ1) is 24.6. The number of benzene rings is 1. The lowest BCUT2D eigenvalue weighted by molar-refractivity contribution is -0.117. The van der Waals surface area contributed by atoms with Gasteiger partial charge in [-0.15, -0.1) is 0 Å². The van der Waals surface area contributed by atoms with E-state index in [1.54, 1.807) is 6.07 Å². The van der Waals surface area contributed by atoms with Crippen LogP contribution in [0.5, 0.6) is 17.4 Å². The largest absolute Gasteiger partial charge is 0.488 e. The number of hydrogen-bond donors (Lipinski definition) is 2. The van der Waals surface area contributed by atoms with Crippen LogP contribution >= 0.6 is 11.8 Å². The minimum atomic E-state index is -3.35. The molecule has 12 heteroatoms. The van der Waals surface area contributed by atoms with Crippen LogP contribution in [-0.2, 0) is 19.4 Å². The number of primary amides is 1. The Balaban J connectivity index is 1.45. The SMILES string of the molecule is CS(=O)(=O)c1ccc(Oc2cc(OC3CCOCC3)c3[nH]c(C4=NCC(CC(N)=O)S4)cc3c2)nc1. The topological polar surface area (TPSA) is 146 Å². The molecule has 1 aromatic carbocycles. The molecule has 4 heterocycles. The molecular formula is C24H26N4O6S2. The number of aromatic amines is 1. The van der Waals surface area contributed by atoms with E-state index in [0.29, 0.717) is 31.3 Å².